The minimum absolute atomic E-state index is 0.0319. The molecule has 1 aliphatic rings. The standard InChI is InChI=1S/C7H16N2O/c8-6(5-10)4-7-2-1-3-9-7/h6-7,9-10H,1-5,8H2. The maximum Gasteiger partial charge on any atom is 0.0583 e. The van der Waals surface area contributed by atoms with E-state index in [9.17, 15) is 0 Å². The molecule has 3 heteroatoms. The summed E-state index contributed by atoms with van der Waals surface area (Å²) in [6.45, 7) is 1.22. The third kappa shape index (κ3) is 2.25. The fraction of sp³-hybridized carbons (Fsp3) is 1.00. The SMILES string of the molecule is NC(CO)CC1CCCN1. The van der Waals surface area contributed by atoms with Crippen molar-refractivity contribution in [2.75, 3.05) is 13.2 Å². The highest BCUT2D eigenvalue weighted by Crippen LogP contribution is 2.09. The van der Waals surface area contributed by atoms with Crippen LogP contribution < -0.4 is 11.1 Å². The molecule has 1 saturated heterocycles. The second-order valence-corrected chi connectivity index (χ2v) is 2.97. The molecule has 1 rings (SSSR count). The maximum absolute atomic E-state index is 8.64. The predicted octanol–water partition coefficient (Wildman–Crippen LogP) is -0.552. The Labute approximate surface area is 61.6 Å². The Morgan fingerprint density at radius 1 is 1.70 bits per heavy atom. The summed E-state index contributed by atoms with van der Waals surface area (Å²) >= 11 is 0. The van der Waals surface area contributed by atoms with Gasteiger partial charge in [0, 0.05) is 12.1 Å². The molecular weight excluding hydrogens is 128 g/mol. The monoisotopic (exact) mass is 144 g/mol. The van der Waals surface area contributed by atoms with Crippen LogP contribution in [0, 0.1) is 0 Å². The molecule has 0 amide bonds. The summed E-state index contributed by atoms with van der Waals surface area (Å²) in [7, 11) is 0. The van der Waals surface area contributed by atoms with Gasteiger partial charge in [-0.1, -0.05) is 0 Å². The van der Waals surface area contributed by atoms with Gasteiger partial charge in [-0.3, -0.25) is 0 Å². The Kier molecular flexibility index (Phi) is 3.12. The van der Waals surface area contributed by atoms with Gasteiger partial charge in [0.15, 0.2) is 0 Å². The number of aliphatic hydroxyl groups excluding tert-OH is 1. The van der Waals surface area contributed by atoms with Gasteiger partial charge in [0.1, 0.15) is 0 Å². The lowest BCUT2D eigenvalue weighted by Crippen LogP contribution is -2.33. The molecular formula is C7H16N2O. The van der Waals surface area contributed by atoms with Gasteiger partial charge in [-0.15, -0.1) is 0 Å². The van der Waals surface area contributed by atoms with Crippen molar-refractivity contribution in [3.63, 3.8) is 0 Å². The van der Waals surface area contributed by atoms with Crippen LogP contribution in [-0.4, -0.2) is 30.3 Å². The summed E-state index contributed by atoms with van der Waals surface area (Å²) in [5, 5.41) is 12.0. The van der Waals surface area contributed by atoms with Crippen molar-refractivity contribution in [3.8, 4) is 0 Å². The zero-order chi connectivity index (χ0) is 7.40. The molecule has 0 radical (unpaired) electrons. The van der Waals surface area contributed by atoms with E-state index in [1.807, 2.05) is 0 Å². The highest BCUT2D eigenvalue weighted by molar-refractivity contribution is 4.78. The van der Waals surface area contributed by atoms with E-state index in [1.165, 1.54) is 12.8 Å². The summed E-state index contributed by atoms with van der Waals surface area (Å²) in [5.41, 5.74) is 5.56. The molecule has 10 heavy (non-hydrogen) atoms. The number of hydrogen-bond acceptors (Lipinski definition) is 3. The Bertz CT molecular complexity index is 91.6. The van der Waals surface area contributed by atoms with Crippen LogP contribution in [0.25, 0.3) is 0 Å². The van der Waals surface area contributed by atoms with Crippen molar-refractivity contribution >= 4 is 0 Å². The average molecular weight is 144 g/mol. The largest absolute Gasteiger partial charge is 0.395 e. The zero-order valence-electron chi connectivity index (χ0n) is 6.21. The third-order valence-electron chi connectivity index (χ3n) is 1.98. The fourth-order valence-corrected chi connectivity index (χ4v) is 1.40. The smallest absolute Gasteiger partial charge is 0.0583 e. The Morgan fingerprint density at radius 2 is 2.50 bits per heavy atom. The van der Waals surface area contributed by atoms with E-state index in [2.05, 4.69) is 5.32 Å². The summed E-state index contributed by atoms with van der Waals surface area (Å²) < 4.78 is 0. The van der Waals surface area contributed by atoms with Gasteiger partial charge in [0.25, 0.3) is 0 Å². The number of rotatable bonds is 3. The van der Waals surface area contributed by atoms with E-state index >= 15 is 0 Å². The summed E-state index contributed by atoms with van der Waals surface area (Å²) in [4.78, 5) is 0. The van der Waals surface area contributed by atoms with Gasteiger partial charge in [-0.05, 0) is 25.8 Å². The highest BCUT2D eigenvalue weighted by atomic mass is 16.3. The molecule has 1 aliphatic heterocycles. The summed E-state index contributed by atoms with van der Waals surface area (Å²) in [5.74, 6) is 0. The molecule has 2 atom stereocenters. The molecule has 0 bridgehead atoms. The first-order chi connectivity index (χ1) is 4.83. The molecule has 4 N–H and O–H groups in total. The predicted molar refractivity (Wildman–Crippen MR) is 40.7 cm³/mol. The molecule has 0 saturated carbocycles. The molecule has 0 spiro atoms. The third-order valence-corrected chi connectivity index (χ3v) is 1.98. The van der Waals surface area contributed by atoms with Crippen molar-refractivity contribution in [1.82, 2.24) is 5.32 Å². The van der Waals surface area contributed by atoms with Crippen molar-refractivity contribution in [3.05, 3.63) is 0 Å². The summed E-state index contributed by atoms with van der Waals surface area (Å²) in [6.07, 6.45) is 3.38. The van der Waals surface area contributed by atoms with Crippen LogP contribution in [0.3, 0.4) is 0 Å². The van der Waals surface area contributed by atoms with E-state index in [4.69, 9.17) is 10.8 Å². The van der Waals surface area contributed by atoms with Crippen molar-refractivity contribution in [2.24, 2.45) is 5.73 Å². The van der Waals surface area contributed by atoms with Crippen LogP contribution in [0.1, 0.15) is 19.3 Å². The topological polar surface area (TPSA) is 58.3 Å². The molecule has 0 aromatic carbocycles. The fourth-order valence-electron chi connectivity index (χ4n) is 1.40. The molecule has 60 valence electrons. The number of aliphatic hydroxyl groups is 1. The van der Waals surface area contributed by atoms with Crippen LogP contribution in [0.5, 0.6) is 0 Å². The average Bonchev–Trinajstić information content (AvgIpc) is 2.40. The van der Waals surface area contributed by atoms with Crippen LogP contribution in [0.15, 0.2) is 0 Å². The zero-order valence-corrected chi connectivity index (χ0v) is 6.21. The lowest BCUT2D eigenvalue weighted by atomic mass is 10.1. The van der Waals surface area contributed by atoms with Gasteiger partial charge in [-0.25, -0.2) is 0 Å². The van der Waals surface area contributed by atoms with Crippen molar-refractivity contribution in [1.29, 1.82) is 0 Å². The van der Waals surface area contributed by atoms with Gasteiger partial charge in [-0.2, -0.15) is 0 Å². The molecule has 0 aromatic rings. The summed E-state index contributed by atoms with van der Waals surface area (Å²) in [6, 6.07) is 0.526. The van der Waals surface area contributed by atoms with Crippen molar-refractivity contribution < 1.29 is 5.11 Å². The second-order valence-electron chi connectivity index (χ2n) is 2.97. The minimum Gasteiger partial charge on any atom is -0.395 e. The Balaban J connectivity index is 2.11. The first-order valence-electron chi connectivity index (χ1n) is 3.92. The molecule has 0 aromatic heterocycles. The Hall–Kier alpha value is -0.120. The van der Waals surface area contributed by atoms with E-state index in [0.29, 0.717) is 6.04 Å². The van der Waals surface area contributed by atoms with Gasteiger partial charge in [0.05, 0.1) is 6.61 Å². The highest BCUT2D eigenvalue weighted by Gasteiger charge is 2.16. The van der Waals surface area contributed by atoms with Gasteiger partial charge in [0.2, 0.25) is 0 Å². The van der Waals surface area contributed by atoms with Gasteiger partial charge < -0.3 is 16.2 Å². The van der Waals surface area contributed by atoms with Crippen molar-refractivity contribution in [2.45, 2.75) is 31.3 Å². The van der Waals surface area contributed by atoms with Gasteiger partial charge >= 0.3 is 0 Å². The normalized spacial score (nSPS) is 28.8. The molecule has 0 aliphatic carbocycles. The lowest BCUT2D eigenvalue weighted by Gasteiger charge is -2.13. The van der Waals surface area contributed by atoms with Crippen LogP contribution in [0.4, 0.5) is 0 Å². The molecule has 2 unspecified atom stereocenters. The lowest BCUT2D eigenvalue weighted by molar-refractivity contribution is 0.251. The molecule has 1 fully saturated rings. The second kappa shape index (κ2) is 3.91. The quantitative estimate of drug-likeness (QED) is 0.498. The number of nitrogens with two attached hydrogens (primary N) is 1. The number of nitrogens with one attached hydrogen (secondary N) is 1. The van der Waals surface area contributed by atoms with Crippen LogP contribution in [-0.2, 0) is 0 Å². The van der Waals surface area contributed by atoms with E-state index in [0.717, 1.165) is 13.0 Å². The molecule has 3 nitrogen and oxygen atoms in total. The van der Waals surface area contributed by atoms with E-state index in [-0.39, 0.29) is 12.6 Å². The first kappa shape index (κ1) is 7.98. The maximum atomic E-state index is 8.64. The minimum atomic E-state index is -0.0319. The number of hydrogen-bond donors (Lipinski definition) is 3. The van der Waals surface area contributed by atoms with Crippen LogP contribution in [0.2, 0.25) is 0 Å². The Morgan fingerprint density at radius 3 is 3.00 bits per heavy atom. The first-order valence-corrected chi connectivity index (χ1v) is 3.92. The van der Waals surface area contributed by atoms with Crippen LogP contribution >= 0.6 is 0 Å². The molecule has 1 heterocycles. The van der Waals surface area contributed by atoms with E-state index in [1.54, 1.807) is 0 Å². The van der Waals surface area contributed by atoms with E-state index < -0.39 is 0 Å².